The van der Waals surface area contributed by atoms with Gasteiger partial charge in [0.15, 0.2) is 0 Å². The van der Waals surface area contributed by atoms with Crippen molar-refractivity contribution in [3.05, 3.63) is 59.7 Å². The highest BCUT2D eigenvalue weighted by atomic mass is 16.5. The Bertz CT molecular complexity index is 656. The minimum Gasteiger partial charge on any atom is -0.388 e. The zero-order chi connectivity index (χ0) is 16.7. The third-order valence-corrected chi connectivity index (χ3v) is 4.35. The van der Waals surface area contributed by atoms with Crippen molar-refractivity contribution in [1.82, 2.24) is 0 Å². The Labute approximate surface area is 136 Å². The quantitative estimate of drug-likeness (QED) is 0.736. The maximum atomic E-state index is 8.58. The minimum absolute atomic E-state index is 0.129. The molecule has 0 N–H and O–H groups in total. The number of hydrogen-bond donors (Lipinski definition) is 0. The summed E-state index contributed by atoms with van der Waals surface area (Å²) in [6.07, 6.45) is 5.22. The highest BCUT2D eigenvalue weighted by Crippen LogP contribution is 2.39. The van der Waals surface area contributed by atoms with Gasteiger partial charge in [-0.2, -0.15) is 0 Å². The van der Waals surface area contributed by atoms with Crippen LogP contribution in [0.4, 0.5) is 0 Å². The molecule has 0 aliphatic carbocycles. The van der Waals surface area contributed by atoms with Crippen molar-refractivity contribution in [2.75, 3.05) is 0 Å². The van der Waals surface area contributed by atoms with Crippen molar-refractivity contribution in [3.8, 4) is 24.0 Å². The van der Waals surface area contributed by atoms with Crippen LogP contribution in [0.15, 0.2) is 48.5 Å². The molecule has 0 saturated carbocycles. The number of ether oxygens (including phenoxy) is 2. The summed E-state index contributed by atoms with van der Waals surface area (Å²) < 4.78 is 9.70. The predicted molar refractivity (Wildman–Crippen MR) is 86.7 cm³/mol. The lowest BCUT2D eigenvalue weighted by atomic mass is 9.70. The molecule has 0 bridgehead atoms. The van der Waals surface area contributed by atoms with E-state index in [4.69, 9.17) is 20.0 Å². The molecule has 4 nitrogen and oxygen atoms in total. The first-order valence-electron chi connectivity index (χ1n) is 7.53. The van der Waals surface area contributed by atoms with Crippen molar-refractivity contribution < 1.29 is 9.47 Å². The predicted octanol–water partition coefficient (Wildman–Crippen LogP) is 4.51. The van der Waals surface area contributed by atoms with Crippen LogP contribution < -0.4 is 9.47 Å². The summed E-state index contributed by atoms with van der Waals surface area (Å²) in [5, 5.41) is 17.2. The summed E-state index contributed by atoms with van der Waals surface area (Å²) in [7, 11) is 0. The van der Waals surface area contributed by atoms with Crippen LogP contribution in [0.3, 0.4) is 0 Å². The van der Waals surface area contributed by atoms with Crippen LogP contribution >= 0.6 is 0 Å². The molecule has 0 aliphatic heterocycles. The van der Waals surface area contributed by atoms with Gasteiger partial charge < -0.3 is 9.47 Å². The monoisotopic (exact) mass is 306 g/mol. The molecule has 4 heteroatoms. The van der Waals surface area contributed by atoms with Gasteiger partial charge in [0.1, 0.15) is 11.5 Å². The summed E-state index contributed by atoms with van der Waals surface area (Å²) in [5.74, 6) is 1.07. The zero-order valence-corrected chi connectivity index (χ0v) is 13.2. The van der Waals surface area contributed by atoms with Crippen LogP contribution in [-0.2, 0) is 5.41 Å². The van der Waals surface area contributed by atoms with E-state index in [1.807, 2.05) is 48.5 Å². The fourth-order valence-electron chi connectivity index (χ4n) is 3.02. The summed E-state index contributed by atoms with van der Waals surface area (Å²) in [6.45, 7) is 4.31. The Morgan fingerprint density at radius 1 is 0.739 bits per heavy atom. The molecular formula is C19H18N2O2. The van der Waals surface area contributed by atoms with E-state index in [1.54, 1.807) is 12.5 Å². The Balaban J connectivity index is 2.42. The van der Waals surface area contributed by atoms with Crippen LogP contribution in [0, 0.1) is 23.0 Å². The van der Waals surface area contributed by atoms with Gasteiger partial charge in [0.25, 0.3) is 12.5 Å². The number of hydrogen-bond acceptors (Lipinski definition) is 4. The topological polar surface area (TPSA) is 66.0 Å². The second-order valence-electron chi connectivity index (χ2n) is 5.22. The number of nitrogens with zero attached hydrogens (tertiary/aromatic N) is 2. The standard InChI is InChI=1S/C19H18N2O2/c1-3-19(4-2,15-5-9-17(10-6-15)22-13-20)16-7-11-18(12-8-16)23-14-21/h5-12H,3-4H2,1-2H3. The largest absolute Gasteiger partial charge is 0.388 e. The molecule has 0 heterocycles. The molecule has 2 aromatic carbocycles. The van der Waals surface area contributed by atoms with Gasteiger partial charge in [-0.15, -0.1) is 10.5 Å². The van der Waals surface area contributed by atoms with Gasteiger partial charge in [-0.25, -0.2) is 0 Å². The number of benzene rings is 2. The van der Waals surface area contributed by atoms with E-state index < -0.39 is 0 Å². The van der Waals surface area contributed by atoms with Crippen molar-refractivity contribution in [3.63, 3.8) is 0 Å². The van der Waals surface area contributed by atoms with Crippen molar-refractivity contribution in [2.45, 2.75) is 32.1 Å². The molecule has 2 rings (SSSR count). The van der Waals surface area contributed by atoms with Crippen LogP contribution in [-0.4, -0.2) is 0 Å². The van der Waals surface area contributed by atoms with Crippen molar-refractivity contribution in [2.24, 2.45) is 0 Å². The molecule has 0 atom stereocenters. The van der Waals surface area contributed by atoms with E-state index in [0.717, 1.165) is 12.8 Å². The molecule has 0 unspecified atom stereocenters. The van der Waals surface area contributed by atoms with Crippen molar-refractivity contribution in [1.29, 1.82) is 10.5 Å². The minimum atomic E-state index is -0.129. The lowest BCUT2D eigenvalue weighted by Gasteiger charge is -2.33. The zero-order valence-electron chi connectivity index (χ0n) is 13.2. The third kappa shape index (κ3) is 3.27. The van der Waals surface area contributed by atoms with E-state index >= 15 is 0 Å². The SMILES string of the molecule is CCC(CC)(c1ccc(OC#N)cc1)c1ccc(OC#N)cc1. The van der Waals surface area contributed by atoms with Gasteiger partial charge in [0.05, 0.1) is 0 Å². The molecule has 0 fully saturated rings. The van der Waals surface area contributed by atoms with E-state index in [9.17, 15) is 0 Å². The molecule has 0 saturated heterocycles. The van der Waals surface area contributed by atoms with Crippen LogP contribution in [0.1, 0.15) is 37.8 Å². The average Bonchev–Trinajstić information content (AvgIpc) is 2.60. The second kappa shape index (κ2) is 7.33. The third-order valence-electron chi connectivity index (χ3n) is 4.35. The fraction of sp³-hybridized carbons (Fsp3) is 0.263. The Morgan fingerprint density at radius 2 is 1.09 bits per heavy atom. The summed E-state index contributed by atoms with van der Waals surface area (Å²) in [5.41, 5.74) is 2.21. The second-order valence-corrected chi connectivity index (χ2v) is 5.22. The summed E-state index contributed by atoms with van der Waals surface area (Å²) in [6, 6.07) is 15.2. The molecule has 0 radical (unpaired) electrons. The van der Waals surface area contributed by atoms with Crippen LogP contribution in [0.2, 0.25) is 0 Å². The van der Waals surface area contributed by atoms with Gasteiger partial charge in [0, 0.05) is 5.41 Å². The first-order valence-corrected chi connectivity index (χ1v) is 7.53. The highest BCUT2D eigenvalue weighted by Gasteiger charge is 2.30. The maximum absolute atomic E-state index is 8.58. The molecule has 23 heavy (non-hydrogen) atoms. The maximum Gasteiger partial charge on any atom is 0.292 e. The van der Waals surface area contributed by atoms with Gasteiger partial charge in [-0.3, -0.25) is 0 Å². The molecular weight excluding hydrogens is 288 g/mol. The fourth-order valence-corrected chi connectivity index (χ4v) is 3.02. The van der Waals surface area contributed by atoms with E-state index in [1.165, 1.54) is 11.1 Å². The number of nitriles is 2. The Morgan fingerprint density at radius 3 is 1.35 bits per heavy atom. The average molecular weight is 306 g/mol. The molecule has 116 valence electrons. The lowest BCUT2D eigenvalue weighted by molar-refractivity contribution is 0.472. The summed E-state index contributed by atoms with van der Waals surface area (Å²) >= 11 is 0. The molecule has 0 spiro atoms. The smallest absolute Gasteiger partial charge is 0.292 e. The first kappa shape index (κ1) is 16.4. The number of rotatable bonds is 6. The normalized spacial score (nSPS) is 10.4. The van der Waals surface area contributed by atoms with Gasteiger partial charge in [-0.05, 0) is 48.2 Å². The summed E-state index contributed by atoms with van der Waals surface area (Å²) in [4.78, 5) is 0. The van der Waals surface area contributed by atoms with E-state index in [-0.39, 0.29) is 5.41 Å². The highest BCUT2D eigenvalue weighted by molar-refractivity contribution is 5.43. The molecule has 0 aromatic heterocycles. The molecule has 0 aliphatic rings. The molecule has 0 amide bonds. The molecule has 2 aromatic rings. The first-order chi connectivity index (χ1) is 11.2. The Hall–Kier alpha value is -2.98. The van der Waals surface area contributed by atoms with Crippen LogP contribution in [0.25, 0.3) is 0 Å². The van der Waals surface area contributed by atoms with Gasteiger partial charge >= 0.3 is 0 Å². The van der Waals surface area contributed by atoms with E-state index in [2.05, 4.69) is 13.8 Å². The van der Waals surface area contributed by atoms with E-state index in [0.29, 0.717) is 11.5 Å². The Kier molecular flexibility index (Phi) is 5.23. The lowest BCUT2D eigenvalue weighted by Crippen LogP contribution is -2.25. The van der Waals surface area contributed by atoms with Gasteiger partial charge in [0.2, 0.25) is 0 Å². The van der Waals surface area contributed by atoms with Gasteiger partial charge in [-0.1, -0.05) is 38.1 Å². The van der Waals surface area contributed by atoms with Crippen molar-refractivity contribution >= 4 is 0 Å². The van der Waals surface area contributed by atoms with Crippen LogP contribution in [0.5, 0.6) is 11.5 Å².